The topological polar surface area (TPSA) is 53.5 Å². The predicted octanol–water partition coefficient (Wildman–Crippen LogP) is 1.31. The molecule has 1 aromatic rings. The van der Waals surface area contributed by atoms with Crippen LogP contribution in [0.25, 0.3) is 0 Å². The van der Waals surface area contributed by atoms with Gasteiger partial charge in [-0.3, -0.25) is 15.1 Å². The molecule has 18 heavy (non-hydrogen) atoms. The molecule has 2 N–H and O–H groups in total. The molecule has 2 aliphatic rings. The van der Waals surface area contributed by atoms with Crippen molar-refractivity contribution in [3.63, 3.8) is 0 Å². The number of rotatable bonds is 0. The normalized spacial score (nSPS) is 28.7. The molecule has 3 rings (SSSR count). The zero-order valence-electron chi connectivity index (χ0n) is 10.5. The second-order valence-electron chi connectivity index (χ2n) is 4.92. The van der Waals surface area contributed by atoms with Crippen molar-refractivity contribution in [3.8, 4) is 0 Å². The predicted molar refractivity (Wildman–Crippen MR) is 70.3 cm³/mol. The highest BCUT2D eigenvalue weighted by molar-refractivity contribution is 6.09. The van der Waals surface area contributed by atoms with Gasteiger partial charge in [-0.1, -0.05) is 24.3 Å². The van der Waals surface area contributed by atoms with E-state index in [-0.39, 0.29) is 5.91 Å². The highest BCUT2D eigenvalue weighted by atomic mass is 16.2. The van der Waals surface area contributed by atoms with Gasteiger partial charge in [-0.05, 0) is 36.8 Å². The minimum atomic E-state index is -0.609. The van der Waals surface area contributed by atoms with Crippen molar-refractivity contribution in [1.82, 2.24) is 10.6 Å². The minimum absolute atomic E-state index is 0.0254. The van der Waals surface area contributed by atoms with Crippen LogP contribution < -0.4 is 10.6 Å². The molecule has 1 unspecified atom stereocenters. The van der Waals surface area contributed by atoms with Crippen LogP contribution in [0, 0.1) is 0 Å². The van der Waals surface area contributed by atoms with Gasteiger partial charge in [0, 0.05) is 7.05 Å². The van der Waals surface area contributed by atoms with Gasteiger partial charge >= 0.3 is 0 Å². The molecule has 0 aromatic heterocycles. The molecule has 1 heterocycles. The molecule has 0 bridgehead atoms. The van der Waals surface area contributed by atoms with E-state index in [2.05, 4.69) is 27.8 Å². The Hall–Kier alpha value is -1.84. The lowest BCUT2D eigenvalue weighted by Crippen LogP contribution is -2.44. The van der Waals surface area contributed by atoms with E-state index >= 15 is 0 Å². The summed E-state index contributed by atoms with van der Waals surface area (Å²) in [7, 11) is 1.68. The van der Waals surface area contributed by atoms with Crippen LogP contribution in [0.1, 0.15) is 30.4 Å². The number of benzene rings is 1. The van der Waals surface area contributed by atoms with Crippen LogP contribution in [0.4, 0.5) is 0 Å². The maximum Gasteiger partial charge on any atom is 0.257 e. The van der Waals surface area contributed by atoms with Crippen molar-refractivity contribution < 1.29 is 4.79 Å². The quantitative estimate of drug-likeness (QED) is 0.722. The highest BCUT2D eigenvalue weighted by Gasteiger charge is 2.47. The molecular formula is C14H17N3O. The molecule has 1 amide bonds. The zero-order chi connectivity index (χ0) is 12.6. The Morgan fingerprint density at radius 3 is 2.89 bits per heavy atom. The smallest absolute Gasteiger partial charge is 0.257 e. The molecule has 1 fully saturated rings. The first kappa shape index (κ1) is 11.3. The van der Waals surface area contributed by atoms with E-state index in [1.807, 2.05) is 12.1 Å². The van der Waals surface area contributed by atoms with E-state index in [1.54, 1.807) is 7.05 Å². The molecular weight excluding hydrogens is 226 g/mol. The van der Waals surface area contributed by atoms with Gasteiger partial charge in [0.05, 0.1) is 0 Å². The van der Waals surface area contributed by atoms with Gasteiger partial charge in [0.25, 0.3) is 5.91 Å². The maximum absolute atomic E-state index is 12.4. The van der Waals surface area contributed by atoms with Crippen molar-refractivity contribution in [1.29, 1.82) is 0 Å². The van der Waals surface area contributed by atoms with Gasteiger partial charge < -0.3 is 5.32 Å². The molecule has 1 saturated heterocycles. The summed E-state index contributed by atoms with van der Waals surface area (Å²) in [6.07, 6.45) is 4.05. The van der Waals surface area contributed by atoms with Crippen LogP contribution in [0.15, 0.2) is 29.3 Å². The summed E-state index contributed by atoms with van der Waals surface area (Å²) < 4.78 is 0. The van der Waals surface area contributed by atoms with Gasteiger partial charge in [-0.15, -0.1) is 0 Å². The molecule has 94 valence electrons. The SMILES string of the molecule is CN=C1NC(=O)C2(CCCCc3ccccc32)N1. The van der Waals surface area contributed by atoms with Gasteiger partial charge in [-0.25, -0.2) is 0 Å². The summed E-state index contributed by atoms with van der Waals surface area (Å²) in [5, 5.41) is 6.12. The fourth-order valence-electron chi connectivity index (χ4n) is 2.98. The number of fused-ring (bicyclic) bond motifs is 2. The van der Waals surface area contributed by atoms with Crippen molar-refractivity contribution in [2.24, 2.45) is 4.99 Å². The van der Waals surface area contributed by atoms with E-state index in [0.717, 1.165) is 31.2 Å². The standard InChI is InChI=1S/C14H17N3O/c1-15-13-16-12(18)14(17-13)9-5-4-7-10-6-2-3-8-11(10)14/h2-3,6,8H,4-5,7,9H2,1H3,(H2,15,16,17,18). The van der Waals surface area contributed by atoms with Crippen LogP contribution in [0.5, 0.6) is 0 Å². The van der Waals surface area contributed by atoms with E-state index in [1.165, 1.54) is 5.56 Å². The van der Waals surface area contributed by atoms with Gasteiger partial charge in [0.1, 0.15) is 5.54 Å². The first-order valence-electron chi connectivity index (χ1n) is 6.41. The summed E-state index contributed by atoms with van der Waals surface area (Å²) in [4.78, 5) is 16.4. The molecule has 1 atom stereocenters. The monoisotopic (exact) mass is 243 g/mol. The Labute approximate surface area is 106 Å². The van der Waals surface area contributed by atoms with Crippen LogP contribution in [-0.2, 0) is 16.8 Å². The number of aliphatic imine (C=N–C) groups is 1. The van der Waals surface area contributed by atoms with Gasteiger partial charge in [-0.2, -0.15) is 0 Å². The third-order valence-electron chi connectivity index (χ3n) is 3.90. The molecule has 1 aliphatic carbocycles. The maximum atomic E-state index is 12.4. The van der Waals surface area contributed by atoms with Crippen LogP contribution >= 0.6 is 0 Å². The summed E-state index contributed by atoms with van der Waals surface area (Å²) in [6, 6.07) is 8.23. The number of amides is 1. The second-order valence-corrected chi connectivity index (χ2v) is 4.92. The van der Waals surface area contributed by atoms with Crippen molar-refractivity contribution >= 4 is 11.9 Å². The molecule has 0 radical (unpaired) electrons. The fraction of sp³-hybridized carbons (Fsp3) is 0.429. The minimum Gasteiger partial charge on any atom is -0.338 e. The lowest BCUT2D eigenvalue weighted by molar-refractivity contribution is -0.124. The largest absolute Gasteiger partial charge is 0.338 e. The molecule has 4 nitrogen and oxygen atoms in total. The van der Waals surface area contributed by atoms with Crippen LogP contribution in [0.3, 0.4) is 0 Å². The van der Waals surface area contributed by atoms with E-state index in [9.17, 15) is 4.79 Å². The van der Waals surface area contributed by atoms with Crippen molar-refractivity contribution in [2.45, 2.75) is 31.2 Å². The van der Waals surface area contributed by atoms with E-state index in [4.69, 9.17) is 0 Å². The first-order valence-corrected chi connectivity index (χ1v) is 6.41. The van der Waals surface area contributed by atoms with Crippen LogP contribution in [0.2, 0.25) is 0 Å². The van der Waals surface area contributed by atoms with E-state index < -0.39 is 5.54 Å². The number of guanidine groups is 1. The van der Waals surface area contributed by atoms with Gasteiger partial charge in [0.15, 0.2) is 5.96 Å². The summed E-state index contributed by atoms with van der Waals surface area (Å²) in [6.45, 7) is 0. The number of carbonyl (C=O) groups excluding carboxylic acids is 1. The second kappa shape index (κ2) is 4.12. The number of hydrogen-bond donors (Lipinski definition) is 2. The van der Waals surface area contributed by atoms with Crippen LogP contribution in [-0.4, -0.2) is 18.9 Å². The number of nitrogens with one attached hydrogen (secondary N) is 2. The number of hydrogen-bond acceptors (Lipinski definition) is 2. The number of nitrogens with zero attached hydrogens (tertiary/aromatic N) is 1. The first-order chi connectivity index (χ1) is 8.76. The number of carbonyl (C=O) groups is 1. The summed E-state index contributed by atoms with van der Waals surface area (Å²) in [5.74, 6) is 0.606. The van der Waals surface area contributed by atoms with Crippen molar-refractivity contribution in [2.75, 3.05) is 7.05 Å². The molecule has 4 heteroatoms. The summed E-state index contributed by atoms with van der Waals surface area (Å²) >= 11 is 0. The van der Waals surface area contributed by atoms with Crippen molar-refractivity contribution in [3.05, 3.63) is 35.4 Å². The van der Waals surface area contributed by atoms with Gasteiger partial charge in [0.2, 0.25) is 0 Å². The Bertz CT molecular complexity index is 524. The Morgan fingerprint density at radius 1 is 1.28 bits per heavy atom. The lowest BCUT2D eigenvalue weighted by atomic mass is 9.84. The number of aryl methyl sites for hydroxylation is 1. The molecule has 0 saturated carbocycles. The Balaban J connectivity index is 2.14. The molecule has 1 spiro atoms. The van der Waals surface area contributed by atoms with E-state index in [0.29, 0.717) is 5.96 Å². The Kier molecular flexibility index (Phi) is 2.58. The average Bonchev–Trinajstić information content (AvgIpc) is 2.61. The summed E-state index contributed by atoms with van der Waals surface area (Å²) in [5.41, 5.74) is 1.77. The third kappa shape index (κ3) is 1.52. The molecule has 1 aromatic carbocycles. The third-order valence-corrected chi connectivity index (χ3v) is 3.90. The Morgan fingerprint density at radius 2 is 2.11 bits per heavy atom. The average molecular weight is 243 g/mol. The zero-order valence-corrected chi connectivity index (χ0v) is 10.5. The highest BCUT2D eigenvalue weighted by Crippen LogP contribution is 2.36. The molecule has 1 aliphatic heterocycles. The fourth-order valence-corrected chi connectivity index (χ4v) is 2.98. The lowest BCUT2D eigenvalue weighted by Gasteiger charge is -2.27.